The molecule has 1 aromatic rings. The molecule has 1 aliphatic rings. The number of hydrogen-bond acceptors (Lipinski definition) is 2. The molecule has 1 atom stereocenters. The summed E-state index contributed by atoms with van der Waals surface area (Å²) in [6.45, 7) is 6.57. The van der Waals surface area contributed by atoms with E-state index in [-0.39, 0.29) is 0 Å². The van der Waals surface area contributed by atoms with E-state index < -0.39 is 0 Å². The van der Waals surface area contributed by atoms with Crippen molar-refractivity contribution in [1.82, 2.24) is 4.98 Å². The smallest absolute Gasteiger partial charge is 0.126 e. The van der Waals surface area contributed by atoms with Crippen LogP contribution < -0.4 is 5.32 Å². The first kappa shape index (κ1) is 8.54. The fourth-order valence-corrected chi connectivity index (χ4v) is 1.52. The van der Waals surface area contributed by atoms with Crippen LogP contribution in [-0.4, -0.2) is 11.0 Å². The number of rotatable bonds is 2. The summed E-state index contributed by atoms with van der Waals surface area (Å²) in [6, 6.07) is 6.70. The van der Waals surface area contributed by atoms with Crippen molar-refractivity contribution in [3.63, 3.8) is 0 Å². The van der Waals surface area contributed by atoms with Crippen LogP contribution in [0.15, 0.2) is 18.2 Å². The molecule has 0 amide bonds. The predicted molar refractivity (Wildman–Crippen MR) is 54.8 cm³/mol. The molecule has 13 heavy (non-hydrogen) atoms. The fourth-order valence-electron chi connectivity index (χ4n) is 1.52. The highest BCUT2D eigenvalue weighted by Gasteiger charge is 2.45. The molecule has 1 saturated carbocycles. The zero-order chi connectivity index (χ0) is 9.47. The number of nitrogens with one attached hydrogen (secondary N) is 1. The van der Waals surface area contributed by atoms with Crippen molar-refractivity contribution < 1.29 is 0 Å². The summed E-state index contributed by atoms with van der Waals surface area (Å²) < 4.78 is 0. The summed E-state index contributed by atoms with van der Waals surface area (Å²) in [4.78, 5) is 4.41. The predicted octanol–water partition coefficient (Wildman–Crippen LogP) is 2.60. The molecular weight excluding hydrogens is 160 g/mol. The average Bonchev–Trinajstić information content (AvgIpc) is 2.58. The van der Waals surface area contributed by atoms with Crippen LogP contribution in [0.4, 0.5) is 5.82 Å². The molecule has 0 aliphatic heterocycles. The maximum absolute atomic E-state index is 4.41. The number of nitrogens with zero attached hydrogens (tertiary/aromatic N) is 1. The van der Waals surface area contributed by atoms with Crippen molar-refractivity contribution >= 4 is 5.82 Å². The van der Waals surface area contributed by atoms with E-state index >= 15 is 0 Å². The van der Waals surface area contributed by atoms with Gasteiger partial charge in [0.1, 0.15) is 5.82 Å². The second kappa shape index (κ2) is 2.72. The fraction of sp³-hybridized carbons (Fsp3) is 0.545. The van der Waals surface area contributed by atoms with Crippen LogP contribution in [0.2, 0.25) is 0 Å². The quantitative estimate of drug-likeness (QED) is 0.749. The van der Waals surface area contributed by atoms with Gasteiger partial charge >= 0.3 is 0 Å². The van der Waals surface area contributed by atoms with Crippen molar-refractivity contribution in [2.45, 2.75) is 33.2 Å². The van der Waals surface area contributed by atoms with E-state index in [1.165, 1.54) is 6.42 Å². The van der Waals surface area contributed by atoms with Gasteiger partial charge in [-0.2, -0.15) is 0 Å². The third-order valence-electron chi connectivity index (χ3n) is 2.72. The lowest BCUT2D eigenvalue weighted by molar-refractivity contribution is 0.630. The molecule has 0 bridgehead atoms. The lowest BCUT2D eigenvalue weighted by Crippen LogP contribution is -2.09. The number of aromatic nitrogens is 1. The minimum Gasteiger partial charge on any atom is -0.367 e. The van der Waals surface area contributed by atoms with Crippen LogP contribution in [0.5, 0.6) is 0 Å². The summed E-state index contributed by atoms with van der Waals surface area (Å²) in [6.07, 6.45) is 1.25. The third-order valence-corrected chi connectivity index (χ3v) is 2.72. The summed E-state index contributed by atoms with van der Waals surface area (Å²) in [5.41, 5.74) is 1.54. The van der Waals surface area contributed by atoms with E-state index in [0.717, 1.165) is 11.5 Å². The minimum atomic E-state index is 0.464. The van der Waals surface area contributed by atoms with Crippen molar-refractivity contribution in [3.05, 3.63) is 23.9 Å². The molecule has 2 heteroatoms. The van der Waals surface area contributed by atoms with E-state index in [9.17, 15) is 0 Å². The second-order valence-corrected chi connectivity index (χ2v) is 4.55. The number of hydrogen-bond donors (Lipinski definition) is 1. The normalized spacial score (nSPS) is 24.1. The Labute approximate surface area is 79.4 Å². The van der Waals surface area contributed by atoms with Gasteiger partial charge < -0.3 is 5.32 Å². The van der Waals surface area contributed by atoms with Gasteiger partial charge in [-0.3, -0.25) is 0 Å². The van der Waals surface area contributed by atoms with Crippen LogP contribution in [0.3, 0.4) is 0 Å². The molecule has 0 radical (unpaired) electrons. The topological polar surface area (TPSA) is 24.9 Å². The molecule has 70 valence electrons. The van der Waals surface area contributed by atoms with E-state index in [1.54, 1.807) is 0 Å². The molecule has 0 saturated heterocycles. The minimum absolute atomic E-state index is 0.464. The molecule has 1 N–H and O–H groups in total. The number of aryl methyl sites for hydroxylation is 1. The molecule has 1 heterocycles. The lowest BCUT2D eigenvalue weighted by atomic mass is 10.2. The van der Waals surface area contributed by atoms with E-state index in [0.29, 0.717) is 11.5 Å². The molecule has 1 aliphatic carbocycles. The molecule has 0 spiro atoms. The van der Waals surface area contributed by atoms with Gasteiger partial charge in [0, 0.05) is 11.7 Å². The standard InChI is InChI=1S/C11H16N2/c1-8-5-4-6-10(12-8)13-9-7-11(9,2)3/h4-6,9H,7H2,1-3H3,(H,12,13). The lowest BCUT2D eigenvalue weighted by Gasteiger charge is -2.07. The number of anilines is 1. The Kier molecular flexibility index (Phi) is 1.79. The van der Waals surface area contributed by atoms with Gasteiger partial charge in [-0.1, -0.05) is 19.9 Å². The molecule has 0 aromatic carbocycles. The van der Waals surface area contributed by atoms with Gasteiger partial charge in [-0.15, -0.1) is 0 Å². The van der Waals surface area contributed by atoms with Gasteiger partial charge in [0.25, 0.3) is 0 Å². The van der Waals surface area contributed by atoms with E-state index in [2.05, 4.69) is 24.1 Å². The highest BCUT2D eigenvalue weighted by Crippen LogP contribution is 2.46. The van der Waals surface area contributed by atoms with Gasteiger partial charge in [-0.25, -0.2) is 4.98 Å². The van der Waals surface area contributed by atoms with Crippen LogP contribution in [0, 0.1) is 12.3 Å². The van der Waals surface area contributed by atoms with Crippen LogP contribution in [-0.2, 0) is 0 Å². The molecule has 2 nitrogen and oxygen atoms in total. The molecule has 2 rings (SSSR count). The van der Waals surface area contributed by atoms with Crippen molar-refractivity contribution in [3.8, 4) is 0 Å². The zero-order valence-electron chi connectivity index (χ0n) is 8.46. The molecular formula is C11H16N2. The third kappa shape index (κ3) is 1.82. The number of pyridine rings is 1. The summed E-state index contributed by atoms with van der Waals surface area (Å²) in [5, 5.41) is 3.44. The highest BCUT2D eigenvalue weighted by atomic mass is 15.1. The van der Waals surface area contributed by atoms with Crippen molar-refractivity contribution in [1.29, 1.82) is 0 Å². The molecule has 1 aromatic heterocycles. The van der Waals surface area contributed by atoms with Crippen LogP contribution in [0.25, 0.3) is 0 Å². The van der Waals surface area contributed by atoms with E-state index in [1.807, 2.05) is 25.1 Å². The zero-order valence-corrected chi connectivity index (χ0v) is 8.46. The molecule has 1 fully saturated rings. The second-order valence-electron chi connectivity index (χ2n) is 4.55. The largest absolute Gasteiger partial charge is 0.367 e. The Morgan fingerprint density at radius 3 is 2.69 bits per heavy atom. The van der Waals surface area contributed by atoms with Gasteiger partial charge in [-0.05, 0) is 30.9 Å². The Hall–Kier alpha value is -1.05. The van der Waals surface area contributed by atoms with Crippen molar-refractivity contribution in [2.24, 2.45) is 5.41 Å². The van der Waals surface area contributed by atoms with Gasteiger partial charge in [0.2, 0.25) is 0 Å². The highest BCUT2D eigenvalue weighted by molar-refractivity contribution is 5.39. The van der Waals surface area contributed by atoms with E-state index in [4.69, 9.17) is 0 Å². The Bertz CT molecular complexity index is 318. The average molecular weight is 176 g/mol. The van der Waals surface area contributed by atoms with Crippen LogP contribution >= 0.6 is 0 Å². The Morgan fingerprint density at radius 1 is 1.46 bits per heavy atom. The van der Waals surface area contributed by atoms with Crippen molar-refractivity contribution in [2.75, 3.05) is 5.32 Å². The summed E-state index contributed by atoms with van der Waals surface area (Å²) >= 11 is 0. The van der Waals surface area contributed by atoms with Gasteiger partial charge in [0.05, 0.1) is 0 Å². The Morgan fingerprint density at radius 2 is 2.15 bits per heavy atom. The first-order valence-electron chi connectivity index (χ1n) is 4.78. The maximum Gasteiger partial charge on any atom is 0.126 e. The first-order chi connectivity index (χ1) is 6.08. The molecule has 1 unspecified atom stereocenters. The first-order valence-corrected chi connectivity index (χ1v) is 4.78. The van der Waals surface area contributed by atoms with Gasteiger partial charge in [0.15, 0.2) is 0 Å². The Balaban J connectivity index is 2.03. The maximum atomic E-state index is 4.41. The SMILES string of the molecule is Cc1cccc(NC2CC2(C)C)n1. The monoisotopic (exact) mass is 176 g/mol. The summed E-state index contributed by atoms with van der Waals surface area (Å²) in [5.74, 6) is 1.01. The summed E-state index contributed by atoms with van der Waals surface area (Å²) in [7, 11) is 0. The van der Waals surface area contributed by atoms with Crippen LogP contribution in [0.1, 0.15) is 26.0 Å².